The molecule has 1 aromatic rings. The molecule has 0 saturated carbocycles. The Morgan fingerprint density at radius 1 is 1.54 bits per heavy atom. The maximum Gasteiger partial charge on any atom is 0.251 e. The molecule has 1 aromatic heterocycles. The Balaban J connectivity index is 3.44. The summed E-state index contributed by atoms with van der Waals surface area (Å²) in [6.07, 6.45) is 5.29. The monoisotopic (exact) mass is 175 g/mol. The van der Waals surface area contributed by atoms with Crippen molar-refractivity contribution in [2.75, 3.05) is 0 Å². The lowest BCUT2D eigenvalue weighted by atomic mass is 10.0. The van der Waals surface area contributed by atoms with Crippen molar-refractivity contribution in [3.63, 3.8) is 0 Å². The van der Waals surface area contributed by atoms with Crippen LogP contribution < -0.4 is 5.56 Å². The third-order valence-electron chi connectivity index (χ3n) is 2.02. The number of pyridine rings is 1. The van der Waals surface area contributed by atoms with Gasteiger partial charge in [0.15, 0.2) is 0 Å². The average molecular weight is 175 g/mol. The van der Waals surface area contributed by atoms with Crippen LogP contribution in [-0.2, 0) is 0 Å². The third kappa shape index (κ3) is 1.81. The molecule has 1 rings (SSSR count). The van der Waals surface area contributed by atoms with E-state index in [9.17, 15) is 4.79 Å². The van der Waals surface area contributed by atoms with E-state index >= 15 is 0 Å². The molecule has 1 N–H and O–H groups in total. The molecule has 2 nitrogen and oxygen atoms in total. The third-order valence-corrected chi connectivity index (χ3v) is 2.02. The van der Waals surface area contributed by atoms with Gasteiger partial charge in [0.2, 0.25) is 0 Å². The molecule has 0 amide bonds. The number of hydrogen-bond donors (Lipinski definition) is 1. The van der Waals surface area contributed by atoms with Gasteiger partial charge in [-0.25, -0.2) is 0 Å². The van der Waals surface area contributed by atoms with E-state index in [1.54, 1.807) is 6.92 Å². The second-order valence-electron chi connectivity index (χ2n) is 3.41. The summed E-state index contributed by atoms with van der Waals surface area (Å²) in [6, 6.07) is 1.86. The summed E-state index contributed by atoms with van der Waals surface area (Å²) in [4.78, 5) is 13.9. The summed E-state index contributed by atoms with van der Waals surface area (Å²) >= 11 is 0. The van der Waals surface area contributed by atoms with Gasteiger partial charge in [0, 0.05) is 5.56 Å². The number of aromatic nitrogens is 1. The predicted octanol–water partition coefficient (Wildman–Crippen LogP) is 1.79. The van der Waals surface area contributed by atoms with Crippen LogP contribution in [0.25, 0.3) is 0 Å². The van der Waals surface area contributed by atoms with Crippen LogP contribution >= 0.6 is 0 Å². The second kappa shape index (κ2) is 3.49. The molecule has 13 heavy (non-hydrogen) atoms. The van der Waals surface area contributed by atoms with Gasteiger partial charge in [-0.3, -0.25) is 4.79 Å². The Morgan fingerprint density at radius 2 is 2.15 bits per heavy atom. The van der Waals surface area contributed by atoms with Crippen LogP contribution in [-0.4, -0.2) is 4.98 Å². The van der Waals surface area contributed by atoms with Crippen LogP contribution in [0, 0.1) is 19.3 Å². The molecule has 0 radical (unpaired) electrons. The number of terminal acetylenes is 1. The van der Waals surface area contributed by atoms with E-state index in [4.69, 9.17) is 6.42 Å². The predicted molar refractivity (Wildman–Crippen MR) is 53.8 cm³/mol. The van der Waals surface area contributed by atoms with Crippen LogP contribution in [0.3, 0.4) is 0 Å². The molecular weight excluding hydrogens is 162 g/mol. The zero-order chi connectivity index (χ0) is 10.0. The van der Waals surface area contributed by atoms with Gasteiger partial charge in [0.05, 0.1) is 5.69 Å². The number of nitrogens with one attached hydrogen (secondary N) is 1. The van der Waals surface area contributed by atoms with E-state index < -0.39 is 0 Å². The molecule has 0 bridgehead atoms. The molecular formula is C11H13NO. The van der Waals surface area contributed by atoms with E-state index in [0.717, 1.165) is 5.56 Å². The first-order chi connectivity index (χ1) is 6.06. The number of rotatable bonds is 1. The molecule has 0 aliphatic heterocycles. The lowest BCUT2D eigenvalue weighted by Crippen LogP contribution is -2.13. The Labute approximate surface area is 78.0 Å². The summed E-state index contributed by atoms with van der Waals surface area (Å²) in [5, 5.41) is 0. The van der Waals surface area contributed by atoms with Crippen LogP contribution in [0.4, 0.5) is 0 Å². The quantitative estimate of drug-likeness (QED) is 0.648. The van der Waals surface area contributed by atoms with Crippen molar-refractivity contribution in [3.8, 4) is 12.3 Å². The summed E-state index contributed by atoms with van der Waals surface area (Å²) in [7, 11) is 0. The smallest absolute Gasteiger partial charge is 0.251 e. The second-order valence-corrected chi connectivity index (χ2v) is 3.41. The zero-order valence-corrected chi connectivity index (χ0v) is 8.14. The largest absolute Gasteiger partial charge is 0.315 e. The van der Waals surface area contributed by atoms with Gasteiger partial charge in [0.25, 0.3) is 5.56 Å². The molecule has 0 aliphatic rings. The van der Waals surface area contributed by atoms with Gasteiger partial charge in [-0.1, -0.05) is 19.8 Å². The molecule has 0 fully saturated rings. The normalized spacial score (nSPS) is 10.1. The molecule has 0 spiro atoms. The Bertz CT molecular complexity index is 407. The minimum atomic E-state index is -0.0997. The zero-order valence-electron chi connectivity index (χ0n) is 8.14. The van der Waals surface area contributed by atoms with Gasteiger partial charge in [-0.2, -0.15) is 0 Å². The minimum Gasteiger partial charge on any atom is -0.315 e. The van der Waals surface area contributed by atoms with Crippen molar-refractivity contribution in [2.24, 2.45) is 0 Å². The number of aromatic amines is 1. The summed E-state index contributed by atoms with van der Waals surface area (Å²) in [6.45, 7) is 5.88. The highest BCUT2D eigenvalue weighted by molar-refractivity contribution is 5.37. The summed E-state index contributed by atoms with van der Waals surface area (Å²) in [5.74, 6) is 2.82. The maximum atomic E-state index is 11.2. The molecule has 0 unspecified atom stereocenters. The molecule has 68 valence electrons. The summed E-state index contributed by atoms with van der Waals surface area (Å²) < 4.78 is 0. The molecule has 0 aliphatic carbocycles. The van der Waals surface area contributed by atoms with Gasteiger partial charge in [-0.15, -0.1) is 6.42 Å². The lowest BCUT2D eigenvalue weighted by Gasteiger charge is -2.08. The van der Waals surface area contributed by atoms with E-state index in [2.05, 4.69) is 10.9 Å². The van der Waals surface area contributed by atoms with Crippen molar-refractivity contribution in [3.05, 3.63) is 33.2 Å². The molecule has 0 saturated heterocycles. The van der Waals surface area contributed by atoms with Crippen molar-refractivity contribution in [1.82, 2.24) is 4.98 Å². The first kappa shape index (κ1) is 9.60. The fourth-order valence-corrected chi connectivity index (χ4v) is 1.23. The van der Waals surface area contributed by atoms with Gasteiger partial charge in [-0.05, 0) is 24.5 Å². The van der Waals surface area contributed by atoms with Crippen LogP contribution in [0.2, 0.25) is 0 Å². The van der Waals surface area contributed by atoms with E-state index in [1.807, 2.05) is 19.9 Å². The standard InChI is InChI=1S/C11H13NO/c1-5-10-9(7(2)3)6-8(4)11(13)12-10/h1,6-7H,2-4H3,(H,12,13). The minimum absolute atomic E-state index is 0.0997. The van der Waals surface area contributed by atoms with Gasteiger partial charge >= 0.3 is 0 Å². The van der Waals surface area contributed by atoms with Crippen LogP contribution in [0.15, 0.2) is 10.9 Å². The number of hydrogen-bond acceptors (Lipinski definition) is 1. The summed E-state index contributed by atoms with van der Waals surface area (Å²) in [5.41, 5.74) is 2.24. The number of H-pyrrole nitrogens is 1. The van der Waals surface area contributed by atoms with E-state index in [1.165, 1.54) is 0 Å². The van der Waals surface area contributed by atoms with E-state index in [0.29, 0.717) is 17.2 Å². The first-order valence-electron chi connectivity index (χ1n) is 4.26. The molecule has 1 heterocycles. The fourth-order valence-electron chi connectivity index (χ4n) is 1.23. The van der Waals surface area contributed by atoms with Crippen molar-refractivity contribution in [1.29, 1.82) is 0 Å². The highest BCUT2D eigenvalue weighted by Crippen LogP contribution is 2.16. The SMILES string of the molecule is C#Cc1[nH]c(=O)c(C)cc1C(C)C. The van der Waals surface area contributed by atoms with E-state index in [-0.39, 0.29) is 5.56 Å². The average Bonchev–Trinajstić information content (AvgIpc) is 2.08. The topological polar surface area (TPSA) is 32.9 Å². The Morgan fingerprint density at radius 3 is 2.62 bits per heavy atom. The Hall–Kier alpha value is -1.49. The first-order valence-corrected chi connectivity index (χ1v) is 4.26. The highest BCUT2D eigenvalue weighted by atomic mass is 16.1. The lowest BCUT2D eigenvalue weighted by molar-refractivity contribution is 0.846. The molecule has 2 heteroatoms. The van der Waals surface area contributed by atoms with Crippen molar-refractivity contribution >= 4 is 0 Å². The van der Waals surface area contributed by atoms with Crippen LogP contribution in [0.1, 0.15) is 36.6 Å². The van der Waals surface area contributed by atoms with Gasteiger partial charge in [0.1, 0.15) is 0 Å². The highest BCUT2D eigenvalue weighted by Gasteiger charge is 2.07. The number of aryl methyl sites for hydroxylation is 1. The van der Waals surface area contributed by atoms with Crippen LogP contribution in [0.5, 0.6) is 0 Å². The maximum absolute atomic E-state index is 11.2. The Kier molecular flexibility index (Phi) is 2.57. The van der Waals surface area contributed by atoms with Crippen molar-refractivity contribution in [2.45, 2.75) is 26.7 Å². The fraction of sp³-hybridized carbons (Fsp3) is 0.364. The molecule has 0 atom stereocenters. The van der Waals surface area contributed by atoms with Gasteiger partial charge < -0.3 is 4.98 Å². The molecule has 0 aromatic carbocycles. The van der Waals surface area contributed by atoms with Crippen molar-refractivity contribution < 1.29 is 0 Å².